The van der Waals surface area contributed by atoms with Crippen LogP contribution < -0.4 is 0 Å². The van der Waals surface area contributed by atoms with Crippen molar-refractivity contribution in [2.45, 2.75) is 25.6 Å². The van der Waals surface area contributed by atoms with Gasteiger partial charge in [-0.15, -0.1) is 0 Å². The fraction of sp³-hybridized carbons (Fsp3) is 0.471. The molecule has 1 atom stereocenters. The van der Waals surface area contributed by atoms with E-state index in [9.17, 15) is 8.42 Å². The number of sulfonamides is 1. The Labute approximate surface area is 143 Å². The zero-order valence-corrected chi connectivity index (χ0v) is 15.1. The molecule has 1 saturated heterocycles. The number of hydrogen-bond donors (Lipinski definition) is 0. The van der Waals surface area contributed by atoms with Gasteiger partial charge in [-0.25, -0.2) is 8.42 Å². The summed E-state index contributed by atoms with van der Waals surface area (Å²) in [6.45, 7) is 5.03. The highest BCUT2D eigenvalue weighted by Gasteiger charge is 2.36. The largest absolute Gasteiger partial charge is 0.378 e. The van der Waals surface area contributed by atoms with Crippen LogP contribution in [0.5, 0.6) is 0 Å². The van der Waals surface area contributed by atoms with E-state index < -0.39 is 10.0 Å². The van der Waals surface area contributed by atoms with Gasteiger partial charge in [-0.1, -0.05) is 30.3 Å². The molecular formula is C17H23N3O3S. The quantitative estimate of drug-likeness (QED) is 0.846. The summed E-state index contributed by atoms with van der Waals surface area (Å²) in [6, 6.07) is 8.96. The van der Waals surface area contributed by atoms with E-state index in [1.54, 1.807) is 8.99 Å². The van der Waals surface area contributed by atoms with Crippen LogP contribution in [-0.2, 0) is 27.6 Å². The minimum atomic E-state index is -3.44. The van der Waals surface area contributed by atoms with E-state index in [-0.39, 0.29) is 11.8 Å². The van der Waals surface area contributed by atoms with Gasteiger partial charge in [-0.2, -0.15) is 9.40 Å². The lowest BCUT2D eigenvalue weighted by molar-refractivity contribution is 0.0315. The van der Waals surface area contributed by atoms with Crippen LogP contribution in [0.2, 0.25) is 0 Å². The first-order valence-electron chi connectivity index (χ1n) is 8.01. The van der Waals surface area contributed by atoms with Crippen LogP contribution in [0.3, 0.4) is 0 Å². The number of benzene rings is 1. The molecule has 0 aliphatic carbocycles. The van der Waals surface area contributed by atoms with Gasteiger partial charge in [0.15, 0.2) is 0 Å². The summed E-state index contributed by atoms with van der Waals surface area (Å²) in [7, 11) is -1.57. The van der Waals surface area contributed by atoms with Crippen LogP contribution in [0.4, 0.5) is 0 Å². The molecule has 1 aliphatic rings. The Balaban J connectivity index is 1.95. The third-order valence-electron chi connectivity index (χ3n) is 4.53. The molecule has 0 N–H and O–H groups in total. The highest BCUT2D eigenvalue weighted by atomic mass is 32.2. The van der Waals surface area contributed by atoms with Gasteiger partial charge in [0.05, 0.1) is 30.7 Å². The third-order valence-corrected chi connectivity index (χ3v) is 6.38. The Bertz CT molecular complexity index is 815. The zero-order chi connectivity index (χ0) is 17.3. The maximum atomic E-state index is 13.0. The van der Waals surface area contributed by atoms with Gasteiger partial charge < -0.3 is 4.74 Å². The van der Waals surface area contributed by atoms with Crippen LogP contribution in [0.15, 0.2) is 30.3 Å². The first-order chi connectivity index (χ1) is 11.4. The molecule has 1 aromatic carbocycles. The van der Waals surface area contributed by atoms with E-state index in [0.717, 1.165) is 22.5 Å². The summed E-state index contributed by atoms with van der Waals surface area (Å²) in [4.78, 5) is 0. The number of morpholine rings is 1. The molecule has 1 aliphatic heterocycles. The maximum absolute atomic E-state index is 13.0. The Morgan fingerprint density at radius 3 is 2.58 bits per heavy atom. The zero-order valence-electron chi connectivity index (χ0n) is 14.3. The molecule has 0 amide bonds. The minimum absolute atomic E-state index is 0.00268. The van der Waals surface area contributed by atoms with Gasteiger partial charge in [-0.05, 0) is 19.4 Å². The number of aryl methyl sites for hydroxylation is 2. The molecule has 2 heterocycles. The molecule has 7 heteroatoms. The topological polar surface area (TPSA) is 64.4 Å². The second-order valence-electron chi connectivity index (χ2n) is 6.15. The highest BCUT2D eigenvalue weighted by molar-refractivity contribution is 7.88. The predicted molar refractivity (Wildman–Crippen MR) is 92.0 cm³/mol. The van der Waals surface area contributed by atoms with E-state index in [4.69, 9.17) is 4.74 Å². The number of nitrogens with zero attached hydrogens (tertiary/aromatic N) is 3. The normalized spacial score (nSPS) is 19.5. The van der Waals surface area contributed by atoms with Crippen LogP contribution in [-0.4, -0.2) is 42.3 Å². The van der Waals surface area contributed by atoms with Crippen molar-refractivity contribution < 1.29 is 13.2 Å². The lowest BCUT2D eigenvalue weighted by Crippen LogP contribution is -2.44. The Morgan fingerprint density at radius 1 is 1.25 bits per heavy atom. The minimum Gasteiger partial charge on any atom is -0.378 e. The summed E-state index contributed by atoms with van der Waals surface area (Å²) in [5, 5.41) is 4.43. The molecule has 1 aromatic heterocycles. The second-order valence-corrected chi connectivity index (χ2v) is 8.07. The number of hydrogen-bond acceptors (Lipinski definition) is 4. The number of aromatic nitrogens is 2. The fourth-order valence-corrected chi connectivity index (χ4v) is 4.97. The lowest BCUT2D eigenvalue weighted by atomic mass is 10.0. The van der Waals surface area contributed by atoms with E-state index in [1.807, 2.05) is 51.2 Å². The summed E-state index contributed by atoms with van der Waals surface area (Å²) >= 11 is 0. The van der Waals surface area contributed by atoms with Crippen LogP contribution in [0.25, 0.3) is 0 Å². The molecule has 0 radical (unpaired) electrons. The molecular weight excluding hydrogens is 326 g/mol. The van der Waals surface area contributed by atoms with Gasteiger partial charge in [0, 0.05) is 24.8 Å². The molecule has 0 saturated carbocycles. The molecule has 0 bridgehead atoms. The molecule has 3 rings (SSSR count). The van der Waals surface area contributed by atoms with Gasteiger partial charge >= 0.3 is 0 Å². The van der Waals surface area contributed by atoms with Crippen molar-refractivity contribution in [3.63, 3.8) is 0 Å². The van der Waals surface area contributed by atoms with Gasteiger partial charge in [-0.3, -0.25) is 4.68 Å². The Kier molecular flexibility index (Phi) is 4.76. The van der Waals surface area contributed by atoms with Crippen LogP contribution in [0.1, 0.15) is 28.6 Å². The van der Waals surface area contributed by atoms with Gasteiger partial charge in [0.1, 0.15) is 0 Å². The van der Waals surface area contributed by atoms with E-state index >= 15 is 0 Å². The van der Waals surface area contributed by atoms with Gasteiger partial charge in [0.25, 0.3) is 0 Å². The second kappa shape index (κ2) is 6.66. The average molecular weight is 349 g/mol. The van der Waals surface area contributed by atoms with E-state index in [1.165, 1.54) is 0 Å². The molecule has 24 heavy (non-hydrogen) atoms. The summed E-state index contributed by atoms with van der Waals surface area (Å²) in [5.41, 5.74) is 3.57. The maximum Gasteiger partial charge on any atom is 0.219 e. The smallest absolute Gasteiger partial charge is 0.219 e. The summed E-state index contributed by atoms with van der Waals surface area (Å²) < 4.78 is 35.0. The molecule has 0 spiro atoms. The average Bonchev–Trinajstić information content (AvgIpc) is 2.80. The Morgan fingerprint density at radius 2 is 1.96 bits per heavy atom. The van der Waals surface area contributed by atoms with Crippen LogP contribution >= 0.6 is 0 Å². The lowest BCUT2D eigenvalue weighted by Gasteiger charge is -2.35. The molecule has 6 nitrogen and oxygen atoms in total. The first kappa shape index (κ1) is 17.1. The Hall–Kier alpha value is -1.70. The molecule has 2 aromatic rings. The predicted octanol–water partition coefficient (Wildman–Crippen LogP) is 1.94. The number of rotatable bonds is 4. The molecule has 130 valence electrons. The van der Waals surface area contributed by atoms with Crippen LogP contribution in [0, 0.1) is 13.8 Å². The van der Waals surface area contributed by atoms with Gasteiger partial charge in [0.2, 0.25) is 10.0 Å². The summed E-state index contributed by atoms with van der Waals surface area (Å²) in [6.07, 6.45) is 0. The SMILES string of the molecule is Cc1nn(C)c(C)c1[C@@H]1COCCN1S(=O)(=O)Cc1ccccc1. The fourth-order valence-electron chi connectivity index (χ4n) is 3.29. The first-order valence-corrected chi connectivity index (χ1v) is 9.62. The highest BCUT2D eigenvalue weighted by Crippen LogP contribution is 2.32. The van der Waals surface area contributed by atoms with Crippen molar-refractivity contribution in [2.75, 3.05) is 19.8 Å². The van der Waals surface area contributed by atoms with Crippen molar-refractivity contribution in [3.05, 3.63) is 52.8 Å². The van der Waals surface area contributed by atoms with E-state index in [2.05, 4.69) is 5.10 Å². The van der Waals surface area contributed by atoms with Crippen molar-refractivity contribution >= 4 is 10.0 Å². The van der Waals surface area contributed by atoms with Crippen molar-refractivity contribution in [3.8, 4) is 0 Å². The monoisotopic (exact) mass is 349 g/mol. The standard InChI is InChI=1S/C17H23N3O3S/c1-13-17(14(2)19(3)18-13)16-11-23-10-9-20(16)24(21,22)12-15-7-5-4-6-8-15/h4-8,16H,9-12H2,1-3H3/t16-/m0/s1. The van der Waals surface area contributed by atoms with Crippen molar-refractivity contribution in [1.82, 2.24) is 14.1 Å². The molecule has 1 fully saturated rings. The van der Waals surface area contributed by atoms with E-state index in [0.29, 0.717) is 19.8 Å². The van der Waals surface area contributed by atoms with Crippen molar-refractivity contribution in [1.29, 1.82) is 0 Å². The third kappa shape index (κ3) is 3.24. The molecule has 0 unspecified atom stereocenters. The summed E-state index contributed by atoms with van der Waals surface area (Å²) in [5.74, 6) is 0.00268. The number of ether oxygens (including phenoxy) is 1. The van der Waals surface area contributed by atoms with Crippen molar-refractivity contribution in [2.24, 2.45) is 7.05 Å².